The van der Waals surface area contributed by atoms with E-state index in [1.165, 1.54) is 0 Å². The largest absolute Gasteiger partial charge is 0.392 e. The Morgan fingerprint density at radius 2 is 1.71 bits per heavy atom. The molecule has 2 rings (SSSR count). The Bertz CT molecular complexity index is 587. The minimum absolute atomic E-state index is 0.0870. The highest BCUT2D eigenvalue weighted by Gasteiger charge is 2.48. The van der Waals surface area contributed by atoms with Crippen molar-refractivity contribution in [2.45, 2.75) is 83.8 Å². The Morgan fingerprint density at radius 1 is 1.03 bits per heavy atom. The molecule has 1 aliphatic heterocycles. The first-order valence-electron chi connectivity index (χ1n) is 11.6. The lowest BCUT2D eigenvalue weighted by Crippen LogP contribution is -2.49. The molecular weight excluding hydrogens is 396 g/mol. The Labute approximate surface area is 188 Å². The average molecular weight is 441 g/mol. The monoisotopic (exact) mass is 440 g/mol. The van der Waals surface area contributed by atoms with Crippen LogP contribution in [-0.4, -0.2) is 70.4 Å². The minimum atomic E-state index is -0.415. The van der Waals surface area contributed by atoms with Gasteiger partial charge in [0, 0.05) is 40.8 Å². The van der Waals surface area contributed by atoms with Gasteiger partial charge in [0.2, 0.25) is 0 Å². The summed E-state index contributed by atoms with van der Waals surface area (Å²) in [6.07, 6.45) is 8.05. The van der Waals surface area contributed by atoms with Crippen molar-refractivity contribution in [3.8, 4) is 0 Å². The van der Waals surface area contributed by atoms with Crippen molar-refractivity contribution in [1.29, 1.82) is 0 Å². The van der Waals surface area contributed by atoms with Crippen molar-refractivity contribution in [3.63, 3.8) is 0 Å². The van der Waals surface area contributed by atoms with Gasteiger partial charge in [-0.05, 0) is 43.1 Å². The molecule has 6 nitrogen and oxygen atoms in total. The number of methoxy groups -OCH3 is 4. The van der Waals surface area contributed by atoms with E-state index in [2.05, 4.69) is 26.8 Å². The first-order chi connectivity index (χ1) is 14.8. The Hall–Kier alpha value is -0.760. The van der Waals surface area contributed by atoms with Crippen LogP contribution in [0.3, 0.4) is 0 Å². The van der Waals surface area contributed by atoms with Crippen molar-refractivity contribution >= 4 is 0 Å². The van der Waals surface area contributed by atoms with E-state index in [9.17, 15) is 5.11 Å². The van der Waals surface area contributed by atoms with Crippen molar-refractivity contribution in [2.75, 3.05) is 28.4 Å². The van der Waals surface area contributed by atoms with Gasteiger partial charge in [-0.2, -0.15) is 0 Å². The zero-order chi connectivity index (χ0) is 23.1. The number of aliphatic hydroxyl groups excluding tert-OH is 1. The highest BCUT2D eigenvalue weighted by Crippen LogP contribution is 2.49. The molecule has 0 bridgehead atoms. The predicted molar refractivity (Wildman–Crippen MR) is 122 cm³/mol. The molecule has 2 fully saturated rings. The third kappa shape index (κ3) is 6.62. The number of aliphatic hydroxyl groups is 1. The molecule has 6 heteroatoms. The highest BCUT2D eigenvalue weighted by molar-refractivity contribution is 5.18. The Balaban J connectivity index is 1.93. The molecule has 0 unspecified atom stereocenters. The summed E-state index contributed by atoms with van der Waals surface area (Å²) in [6.45, 7) is 8.53. The zero-order valence-corrected chi connectivity index (χ0v) is 20.6. The molecule has 0 amide bonds. The van der Waals surface area contributed by atoms with Gasteiger partial charge in [0.1, 0.15) is 12.2 Å². The van der Waals surface area contributed by atoms with Gasteiger partial charge in [-0.15, -0.1) is 0 Å². The summed E-state index contributed by atoms with van der Waals surface area (Å²) < 4.78 is 28.3. The van der Waals surface area contributed by atoms with Crippen molar-refractivity contribution in [2.24, 2.45) is 23.7 Å². The lowest BCUT2D eigenvalue weighted by molar-refractivity contribution is -0.256. The molecular formula is C25H44O6. The van der Waals surface area contributed by atoms with E-state index < -0.39 is 6.29 Å². The van der Waals surface area contributed by atoms with Crippen LogP contribution in [0.15, 0.2) is 23.8 Å². The molecule has 1 aliphatic carbocycles. The van der Waals surface area contributed by atoms with E-state index in [1.54, 1.807) is 28.4 Å². The smallest absolute Gasteiger partial charge is 0.184 e. The second kappa shape index (κ2) is 12.5. The van der Waals surface area contributed by atoms with Crippen LogP contribution in [-0.2, 0) is 23.7 Å². The van der Waals surface area contributed by atoms with E-state index in [0.29, 0.717) is 24.2 Å². The van der Waals surface area contributed by atoms with Gasteiger partial charge in [0.05, 0.1) is 18.3 Å². The van der Waals surface area contributed by atoms with Crippen LogP contribution >= 0.6 is 0 Å². The molecule has 0 radical (unpaired) electrons. The van der Waals surface area contributed by atoms with E-state index in [4.69, 9.17) is 23.7 Å². The van der Waals surface area contributed by atoms with Gasteiger partial charge in [-0.25, -0.2) is 0 Å². The number of hydrogen-bond acceptors (Lipinski definition) is 6. The molecule has 1 saturated heterocycles. The summed E-state index contributed by atoms with van der Waals surface area (Å²) in [4.78, 5) is 0. The van der Waals surface area contributed by atoms with Gasteiger partial charge in [0.25, 0.3) is 0 Å². The van der Waals surface area contributed by atoms with E-state index in [1.807, 2.05) is 19.1 Å². The standard InChI is InChI=1S/C25H44O6/c1-9-20(27-5)17(4)18-13-19(18)23(26)15(2)11-10-12-16(3)24-21(28-6)14-22(29-7)25(30-8)31-24/h10-12,15,17-26H,9,13-14H2,1-8H3/b11-10+,16-12+/t15-,17-,18+,19-,20-,21-,22+,23+,24+,25+/m0/s1. The number of ether oxygens (including phenoxy) is 5. The Morgan fingerprint density at radius 3 is 2.26 bits per heavy atom. The average Bonchev–Trinajstić information content (AvgIpc) is 3.58. The fraction of sp³-hybridized carbons (Fsp3) is 0.840. The molecule has 10 atom stereocenters. The molecule has 0 aromatic carbocycles. The summed E-state index contributed by atoms with van der Waals surface area (Å²) in [7, 11) is 6.77. The van der Waals surface area contributed by atoms with Crippen LogP contribution in [0.2, 0.25) is 0 Å². The molecule has 0 aromatic rings. The molecule has 1 N–H and O–H groups in total. The zero-order valence-electron chi connectivity index (χ0n) is 20.6. The summed E-state index contributed by atoms with van der Waals surface area (Å²) >= 11 is 0. The third-order valence-electron chi connectivity index (χ3n) is 7.28. The first kappa shape index (κ1) is 26.5. The number of hydrogen-bond donors (Lipinski definition) is 1. The van der Waals surface area contributed by atoms with E-state index in [-0.39, 0.29) is 36.4 Å². The molecule has 0 spiro atoms. The lowest BCUT2D eigenvalue weighted by Gasteiger charge is -2.39. The fourth-order valence-corrected chi connectivity index (χ4v) is 5.06. The quantitative estimate of drug-likeness (QED) is 0.463. The van der Waals surface area contributed by atoms with Gasteiger partial charge in [0.15, 0.2) is 6.29 Å². The molecule has 1 heterocycles. The van der Waals surface area contributed by atoms with Crippen LogP contribution in [0.25, 0.3) is 0 Å². The van der Waals surface area contributed by atoms with E-state index in [0.717, 1.165) is 18.4 Å². The second-order valence-electron chi connectivity index (χ2n) is 9.20. The second-order valence-corrected chi connectivity index (χ2v) is 9.20. The van der Waals surface area contributed by atoms with Crippen LogP contribution in [0.5, 0.6) is 0 Å². The van der Waals surface area contributed by atoms with Crippen molar-refractivity contribution in [1.82, 2.24) is 0 Å². The summed E-state index contributed by atoms with van der Waals surface area (Å²) in [5.74, 6) is 1.47. The maximum absolute atomic E-state index is 10.8. The van der Waals surface area contributed by atoms with Gasteiger partial charge in [-0.1, -0.05) is 39.0 Å². The molecule has 2 aliphatic rings. The molecule has 31 heavy (non-hydrogen) atoms. The van der Waals surface area contributed by atoms with Crippen LogP contribution in [0, 0.1) is 23.7 Å². The third-order valence-corrected chi connectivity index (χ3v) is 7.28. The summed E-state index contributed by atoms with van der Waals surface area (Å²) in [5, 5.41) is 10.8. The topological polar surface area (TPSA) is 66.4 Å². The normalized spacial score (nSPS) is 35.7. The SMILES string of the molecule is CC[C@H](OC)[C@@H](C)[C@H]1C[C@@H]1[C@H](O)[C@@H](C)/C=C/C=C(\C)[C@H]1O[C@@H](OC)[C@H](OC)C[C@@H]1OC. The fourth-order valence-electron chi connectivity index (χ4n) is 5.06. The minimum Gasteiger partial charge on any atom is -0.392 e. The van der Waals surface area contributed by atoms with Crippen LogP contribution in [0.4, 0.5) is 0 Å². The summed E-state index contributed by atoms with van der Waals surface area (Å²) in [6, 6.07) is 0. The first-order valence-corrected chi connectivity index (χ1v) is 11.6. The Kier molecular flexibility index (Phi) is 10.7. The van der Waals surface area contributed by atoms with Crippen molar-refractivity contribution < 1.29 is 28.8 Å². The van der Waals surface area contributed by atoms with Crippen LogP contribution < -0.4 is 0 Å². The van der Waals surface area contributed by atoms with Gasteiger partial charge >= 0.3 is 0 Å². The van der Waals surface area contributed by atoms with E-state index >= 15 is 0 Å². The highest BCUT2D eigenvalue weighted by atomic mass is 16.7. The van der Waals surface area contributed by atoms with Gasteiger partial charge in [-0.3, -0.25) is 0 Å². The lowest BCUT2D eigenvalue weighted by atomic mass is 9.91. The molecule has 180 valence electrons. The maximum atomic E-state index is 10.8. The summed E-state index contributed by atoms with van der Waals surface area (Å²) in [5.41, 5.74) is 1.06. The van der Waals surface area contributed by atoms with Gasteiger partial charge < -0.3 is 28.8 Å². The molecule has 0 aromatic heterocycles. The number of rotatable bonds is 12. The number of allylic oxidation sites excluding steroid dienone is 2. The van der Waals surface area contributed by atoms with Crippen LogP contribution in [0.1, 0.15) is 47.0 Å². The van der Waals surface area contributed by atoms with Crippen molar-refractivity contribution in [3.05, 3.63) is 23.8 Å². The predicted octanol–water partition coefficient (Wildman–Crippen LogP) is 3.97. The maximum Gasteiger partial charge on any atom is 0.184 e. The molecule has 1 saturated carbocycles.